The zero-order valence-corrected chi connectivity index (χ0v) is 15.0. The lowest BCUT2D eigenvalue weighted by molar-refractivity contribution is 0.102. The second-order valence-corrected chi connectivity index (χ2v) is 5.73. The topological polar surface area (TPSA) is 76.1 Å². The standard InChI is InChI=1S/C20H19FN4O2/c1-3-27-17-9-7-15(8-10-17)25-20(26)18-12-19(23-13(2)22-18)24-16-6-4-5-14(21)11-16/h4-12H,3H2,1-2H3,(H,25,26)(H,22,23,24). The first kappa shape index (κ1) is 18.3. The van der Waals surface area contributed by atoms with E-state index in [0.29, 0.717) is 29.6 Å². The van der Waals surface area contributed by atoms with Crippen LogP contribution < -0.4 is 15.4 Å². The van der Waals surface area contributed by atoms with Crippen LogP contribution in [0.4, 0.5) is 21.6 Å². The summed E-state index contributed by atoms with van der Waals surface area (Å²) >= 11 is 0. The molecule has 0 bridgehead atoms. The maximum absolute atomic E-state index is 13.3. The number of carbonyl (C=O) groups excluding carboxylic acids is 1. The van der Waals surface area contributed by atoms with Gasteiger partial charge < -0.3 is 15.4 Å². The van der Waals surface area contributed by atoms with Crippen LogP contribution in [0.15, 0.2) is 54.6 Å². The fourth-order valence-corrected chi connectivity index (χ4v) is 2.46. The first-order chi connectivity index (χ1) is 13.0. The SMILES string of the molecule is CCOc1ccc(NC(=O)c2cc(Nc3cccc(F)c3)nc(C)n2)cc1. The maximum atomic E-state index is 13.3. The molecular weight excluding hydrogens is 347 g/mol. The molecule has 3 aromatic rings. The van der Waals surface area contributed by atoms with Crippen molar-refractivity contribution in [1.29, 1.82) is 0 Å². The van der Waals surface area contributed by atoms with Gasteiger partial charge in [0, 0.05) is 17.4 Å². The lowest BCUT2D eigenvalue weighted by atomic mass is 10.2. The smallest absolute Gasteiger partial charge is 0.274 e. The lowest BCUT2D eigenvalue weighted by Gasteiger charge is -2.10. The van der Waals surface area contributed by atoms with Gasteiger partial charge in [-0.2, -0.15) is 0 Å². The summed E-state index contributed by atoms with van der Waals surface area (Å²) in [7, 11) is 0. The van der Waals surface area contributed by atoms with Gasteiger partial charge in [0.05, 0.1) is 6.61 Å². The molecule has 3 rings (SSSR count). The monoisotopic (exact) mass is 366 g/mol. The Hall–Kier alpha value is -3.48. The zero-order valence-electron chi connectivity index (χ0n) is 15.0. The molecule has 0 radical (unpaired) electrons. The number of nitrogens with zero attached hydrogens (tertiary/aromatic N) is 2. The third-order valence-corrected chi connectivity index (χ3v) is 3.59. The van der Waals surface area contributed by atoms with Crippen LogP contribution in [0.5, 0.6) is 5.75 Å². The number of benzene rings is 2. The highest BCUT2D eigenvalue weighted by Gasteiger charge is 2.11. The van der Waals surface area contributed by atoms with Crippen LogP contribution in [0.25, 0.3) is 0 Å². The number of anilines is 3. The van der Waals surface area contributed by atoms with E-state index in [0.717, 1.165) is 5.75 Å². The Labute approximate surface area is 156 Å². The second-order valence-electron chi connectivity index (χ2n) is 5.73. The van der Waals surface area contributed by atoms with Crippen molar-refractivity contribution in [3.63, 3.8) is 0 Å². The van der Waals surface area contributed by atoms with Crippen LogP contribution in [-0.4, -0.2) is 22.5 Å². The van der Waals surface area contributed by atoms with E-state index in [-0.39, 0.29) is 17.4 Å². The molecule has 0 aliphatic carbocycles. The number of halogens is 1. The Kier molecular flexibility index (Phi) is 5.61. The van der Waals surface area contributed by atoms with Gasteiger partial charge in [-0.25, -0.2) is 14.4 Å². The minimum absolute atomic E-state index is 0.204. The number of hydrogen-bond acceptors (Lipinski definition) is 5. The summed E-state index contributed by atoms with van der Waals surface area (Å²) in [6.07, 6.45) is 0. The van der Waals surface area contributed by atoms with Crippen molar-refractivity contribution < 1.29 is 13.9 Å². The number of aryl methyl sites for hydroxylation is 1. The van der Waals surface area contributed by atoms with Gasteiger partial charge in [0.2, 0.25) is 0 Å². The van der Waals surface area contributed by atoms with Crippen molar-refractivity contribution in [2.45, 2.75) is 13.8 Å². The van der Waals surface area contributed by atoms with Crippen LogP contribution in [0.2, 0.25) is 0 Å². The lowest BCUT2D eigenvalue weighted by Crippen LogP contribution is -2.15. The van der Waals surface area contributed by atoms with E-state index in [9.17, 15) is 9.18 Å². The molecule has 0 aliphatic rings. The van der Waals surface area contributed by atoms with E-state index in [2.05, 4.69) is 20.6 Å². The van der Waals surface area contributed by atoms with Crippen LogP contribution >= 0.6 is 0 Å². The van der Waals surface area contributed by atoms with Crippen LogP contribution in [-0.2, 0) is 0 Å². The largest absolute Gasteiger partial charge is 0.494 e. The molecule has 1 aromatic heterocycles. The molecule has 2 aromatic carbocycles. The van der Waals surface area contributed by atoms with Crippen molar-refractivity contribution in [3.8, 4) is 5.75 Å². The summed E-state index contributed by atoms with van der Waals surface area (Å²) in [6.45, 7) is 4.17. The van der Waals surface area contributed by atoms with Gasteiger partial charge in [-0.1, -0.05) is 6.07 Å². The number of hydrogen-bond donors (Lipinski definition) is 2. The molecule has 0 fully saturated rings. The van der Waals surface area contributed by atoms with Crippen LogP contribution in [0.1, 0.15) is 23.2 Å². The molecule has 138 valence electrons. The first-order valence-corrected chi connectivity index (χ1v) is 8.46. The molecule has 6 nitrogen and oxygen atoms in total. The van der Waals surface area contributed by atoms with Crippen molar-refractivity contribution >= 4 is 23.1 Å². The normalized spacial score (nSPS) is 10.3. The Bertz CT molecular complexity index is 945. The van der Waals surface area contributed by atoms with E-state index >= 15 is 0 Å². The molecule has 2 N–H and O–H groups in total. The van der Waals surface area contributed by atoms with E-state index in [4.69, 9.17) is 4.74 Å². The highest BCUT2D eigenvalue weighted by atomic mass is 19.1. The summed E-state index contributed by atoms with van der Waals surface area (Å²) in [5.74, 6) is 0.833. The average Bonchev–Trinajstić information content (AvgIpc) is 2.63. The van der Waals surface area contributed by atoms with Gasteiger partial charge in [0.25, 0.3) is 5.91 Å². The third-order valence-electron chi connectivity index (χ3n) is 3.59. The summed E-state index contributed by atoms with van der Waals surface area (Å²) in [6, 6.07) is 14.6. The van der Waals surface area contributed by atoms with Crippen LogP contribution in [0, 0.1) is 12.7 Å². The maximum Gasteiger partial charge on any atom is 0.274 e. The molecule has 0 saturated heterocycles. The molecule has 0 saturated carbocycles. The van der Waals surface area contributed by atoms with Gasteiger partial charge in [-0.05, 0) is 56.3 Å². The minimum atomic E-state index is -0.369. The van der Waals surface area contributed by atoms with E-state index in [1.165, 1.54) is 18.2 Å². The van der Waals surface area contributed by atoms with Gasteiger partial charge in [-0.15, -0.1) is 0 Å². The number of rotatable bonds is 6. The molecule has 0 atom stereocenters. The summed E-state index contributed by atoms with van der Waals surface area (Å²) in [5.41, 5.74) is 1.36. The molecule has 0 spiro atoms. The Morgan fingerprint density at radius 3 is 2.56 bits per heavy atom. The van der Waals surface area contributed by atoms with E-state index < -0.39 is 0 Å². The minimum Gasteiger partial charge on any atom is -0.494 e. The first-order valence-electron chi connectivity index (χ1n) is 8.46. The molecule has 0 aliphatic heterocycles. The summed E-state index contributed by atoms with van der Waals surface area (Å²) in [5, 5.41) is 5.76. The number of carbonyl (C=O) groups is 1. The third kappa shape index (κ3) is 5.01. The number of ether oxygens (including phenoxy) is 1. The Morgan fingerprint density at radius 1 is 1.07 bits per heavy atom. The Morgan fingerprint density at radius 2 is 1.85 bits per heavy atom. The number of aromatic nitrogens is 2. The molecule has 27 heavy (non-hydrogen) atoms. The predicted molar refractivity (Wildman–Crippen MR) is 102 cm³/mol. The second kappa shape index (κ2) is 8.27. The predicted octanol–water partition coefficient (Wildman–Crippen LogP) is 4.32. The summed E-state index contributed by atoms with van der Waals surface area (Å²) < 4.78 is 18.7. The van der Waals surface area contributed by atoms with Gasteiger partial charge in [0.15, 0.2) is 0 Å². The number of nitrogens with one attached hydrogen (secondary N) is 2. The average molecular weight is 366 g/mol. The van der Waals surface area contributed by atoms with Gasteiger partial charge in [0.1, 0.15) is 28.9 Å². The van der Waals surface area contributed by atoms with Gasteiger partial charge in [-0.3, -0.25) is 4.79 Å². The van der Waals surface area contributed by atoms with E-state index in [1.807, 2.05) is 6.92 Å². The molecule has 1 amide bonds. The van der Waals surface area contributed by atoms with Crippen molar-refractivity contribution in [3.05, 3.63) is 71.9 Å². The fraction of sp³-hybridized carbons (Fsp3) is 0.150. The Balaban J connectivity index is 1.75. The highest BCUT2D eigenvalue weighted by Crippen LogP contribution is 2.19. The van der Waals surface area contributed by atoms with Crippen LogP contribution in [0.3, 0.4) is 0 Å². The molecular formula is C20H19FN4O2. The van der Waals surface area contributed by atoms with E-state index in [1.54, 1.807) is 43.3 Å². The molecule has 0 unspecified atom stereocenters. The fourth-order valence-electron chi connectivity index (χ4n) is 2.46. The van der Waals surface area contributed by atoms with Crippen molar-refractivity contribution in [2.75, 3.05) is 17.2 Å². The summed E-state index contributed by atoms with van der Waals surface area (Å²) in [4.78, 5) is 20.9. The molecule has 1 heterocycles. The van der Waals surface area contributed by atoms with Gasteiger partial charge >= 0.3 is 0 Å². The quantitative estimate of drug-likeness (QED) is 0.679. The van der Waals surface area contributed by atoms with Crippen molar-refractivity contribution in [1.82, 2.24) is 9.97 Å². The number of amides is 1. The molecule has 7 heteroatoms. The highest BCUT2D eigenvalue weighted by molar-refractivity contribution is 6.03. The van der Waals surface area contributed by atoms with Crippen molar-refractivity contribution in [2.24, 2.45) is 0 Å². The zero-order chi connectivity index (χ0) is 19.2.